The third-order valence-electron chi connectivity index (χ3n) is 4.45. The standard InChI is InChI=1S/C18H30N2/c1-3-5-7-9-17-14-15-13-16(19)10-11-18(15)20(17)12-8-6-4-2/h10-11,13,17H,3-9,12,14,19H2,1-2H3. The zero-order chi connectivity index (χ0) is 14.4. The number of benzene rings is 1. The molecule has 0 aliphatic carbocycles. The maximum absolute atomic E-state index is 5.95. The average molecular weight is 274 g/mol. The number of nitrogens with zero attached hydrogens (tertiary/aromatic N) is 1. The van der Waals surface area contributed by atoms with Crippen LogP contribution in [0.4, 0.5) is 11.4 Å². The van der Waals surface area contributed by atoms with E-state index >= 15 is 0 Å². The van der Waals surface area contributed by atoms with E-state index in [0.29, 0.717) is 6.04 Å². The molecule has 2 nitrogen and oxygen atoms in total. The van der Waals surface area contributed by atoms with Crippen LogP contribution < -0.4 is 10.6 Å². The van der Waals surface area contributed by atoms with Crippen LogP contribution in [0, 0.1) is 0 Å². The van der Waals surface area contributed by atoms with Gasteiger partial charge in [-0.05, 0) is 43.0 Å². The van der Waals surface area contributed by atoms with Gasteiger partial charge in [-0.2, -0.15) is 0 Å². The minimum atomic E-state index is 0.704. The molecule has 0 fully saturated rings. The van der Waals surface area contributed by atoms with Gasteiger partial charge in [0.05, 0.1) is 0 Å². The van der Waals surface area contributed by atoms with Gasteiger partial charge in [-0.3, -0.25) is 0 Å². The highest BCUT2D eigenvalue weighted by Gasteiger charge is 2.28. The second kappa shape index (κ2) is 7.56. The third-order valence-corrected chi connectivity index (χ3v) is 4.45. The monoisotopic (exact) mass is 274 g/mol. The normalized spacial score (nSPS) is 17.5. The number of anilines is 2. The summed E-state index contributed by atoms with van der Waals surface area (Å²) in [6, 6.07) is 7.17. The van der Waals surface area contributed by atoms with E-state index in [9.17, 15) is 0 Å². The Bertz CT molecular complexity index is 414. The summed E-state index contributed by atoms with van der Waals surface area (Å²) < 4.78 is 0. The molecule has 1 aliphatic rings. The molecule has 2 N–H and O–H groups in total. The van der Waals surface area contributed by atoms with Gasteiger partial charge in [0.2, 0.25) is 0 Å². The number of hydrogen-bond donors (Lipinski definition) is 1. The molecule has 1 aromatic rings. The molecule has 0 aromatic heterocycles. The molecule has 1 unspecified atom stereocenters. The van der Waals surface area contributed by atoms with Crippen molar-refractivity contribution in [3.8, 4) is 0 Å². The molecule has 0 amide bonds. The zero-order valence-electron chi connectivity index (χ0n) is 13.2. The minimum Gasteiger partial charge on any atom is -0.399 e. The Morgan fingerprint density at radius 2 is 1.85 bits per heavy atom. The van der Waals surface area contributed by atoms with Crippen LogP contribution in [0.5, 0.6) is 0 Å². The lowest BCUT2D eigenvalue weighted by atomic mass is 10.0. The predicted octanol–water partition coefficient (Wildman–Crippen LogP) is 4.77. The van der Waals surface area contributed by atoms with Crippen molar-refractivity contribution in [1.82, 2.24) is 0 Å². The van der Waals surface area contributed by atoms with E-state index in [0.717, 1.165) is 5.69 Å². The fraction of sp³-hybridized carbons (Fsp3) is 0.667. The number of nitrogens with two attached hydrogens (primary N) is 1. The fourth-order valence-electron chi connectivity index (χ4n) is 3.33. The van der Waals surface area contributed by atoms with E-state index in [2.05, 4.69) is 36.9 Å². The highest BCUT2D eigenvalue weighted by atomic mass is 15.2. The summed E-state index contributed by atoms with van der Waals surface area (Å²) in [5.41, 5.74) is 9.76. The molecular weight excluding hydrogens is 244 g/mol. The van der Waals surface area contributed by atoms with Gasteiger partial charge in [-0.15, -0.1) is 0 Å². The SMILES string of the molecule is CCCCCC1Cc2cc(N)ccc2N1CCCCC. The van der Waals surface area contributed by atoms with Crippen molar-refractivity contribution < 1.29 is 0 Å². The van der Waals surface area contributed by atoms with Crippen molar-refractivity contribution in [1.29, 1.82) is 0 Å². The summed E-state index contributed by atoms with van der Waals surface area (Å²) in [5.74, 6) is 0. The molecule has 1 aliphatic heterocycles. The first kappa shape index (κ1) is 15.2. The van der Waals surface area contributed by atoms with E-state index in [1.807, 2.05) is 0 Å². The summed E-state index contributed by atoms with van der Waals surface area (Å²) in [5, 5.41) is 0. The minimum absolute atomic E-state index is 0.704. The third kappa shape index (κ3) is 3.68. The Hall–Kier alpha value is -1.18. The lowest BCUT2D eigenvalue weighted by molar-refractivity contribution is 0.525. The van der Waals surface area contributed by atoms with Crippen LogP contribution in [0.25, 0.3) is 0 Å². The highest BCUT2D eigenvalue weighted by molar-refractivity contribution is 5.64. The van der Waals surface area contributed by atoms with Crippen LogP contribution in [-0.2, 0) is 6.42 Å². The van der Waals surface area contributed by atoms with Crippen molar-refractivity contribution in [3.05, 3.63) is 23.8 Å². The molecule has 1 atom stereocenters. The Balaban J connectivity index is 2.04. The van der Waals surface area contributed by atoms with Gasteiger partial charge in [-0.1, -0.05) is 46.0 Å². The Kier molecular flexibility index (Phi) is 5.75. The molecule has 0 bridgehead atoms. The Morgan fingerprint density at radius 3 is 2.60 bits per heavy atom. The lowest BCUT2D eigenvalue weighted by Crippen LogP contribution is -2.32. The van der Waals surface area contributed by atoms with Crippen LogP contribution in [0.3, 0.4) is 0 Å². The highest BCUT2D eigenvalue weighted by Crippen LogP contribution is 2.35. The van der Waals surface area contributed by atoms with E-state index in [1.165, 1.54) is 69.2 Å². The average Bonchev–Trinajstić information content (AvgIpc) is 2.77. The van der Waals surface area contributed by atoms with E-state index < -0.39 is 0 Å². The zero-order valence-corrected chi connectivity index (χ0v) is 13.2. The van der Waals surface area contributed by atoms with Gasteiger partial charge in [0.1, 0.15) is 0 Å². The molecule has 0 saturated heterocycles. The van der Waals surface area contributed by atoms with Gasteiger partial charge in [0.15, 0.2) is 0 Å². The number of rotatable bonds is 8. The first-order valence-electron chi connectivity index (χ1n) is 8.41. The van der Waals surface area contributed by atoms with Gasteiger partial charge < -0.3 is 10.6 Å². The van der Waals surface area contributed by atoms with E-state index in [1.54, 1.807) is 0 Å². The van der Waals surface area contributed by atoms with Gasteiger partial charge in [0.25, 0.3) is 0 Å². The van der Waals surface area contributed by atoms with Crippen LogP contribution in [-0.4, -0.2) is 12.6 Å². The maximum Gasteiger partial charge on any atom is 0.0403 e. The van der Waals surface area contributed by atoms with Crippen molar-refractivity contribution in [3.63, 3.8) is 0 Å². The van der Waals surface area contributed by atoms with E-state index in [-0.39, 0.29) is 0 Å². The Labute approximate surface area is 124 Å². The molecule has 0 radical (unpaired) electrons. The first-order chi connectivity index (χ1) is 9.76. The number of fused-ring (bicyclic) bond motifs is 1. The van der Waals surface area contributed by atoms with Crippen LogP contribution in [0.2, 0.25) is 0 Å². The summed E-state index contributed by atoms with van der Waals surface area (Å²) in [4.78, 5) is 2.65. The number of unbranched alkanes of at least 4 members (excludes halogenated alkanes) is 4. The Morgan fingerprint density at radius 1 is 1.10 bits per heavy atom. The smallest absolute Gasteiger partial charge is 0.0403 e. The first-order valence-corrected chi connectivity index (χ1v) is 8.41. The summed E-state index contributed by atoms with van der Waals surface area (Å²) in [6.45, 7) is 5.77. The molecule has 0 spiro atoms. The number of nitrogen functional groups attached to an aromatic ring is 1. The summed E-state index contributed by atoms with van der Waals surface area (Å²) in [6.07, 6.45) is 10.5. The second-order valence-electron chi connectivity index (χ2n) is 6.14. The largest absolute Gasteiger partial charge is 0.399 e. The van der Waals surface area contributed by atoms with Crippen molar-refractivity contribution in [2.75, 3.05) is 17.2 Å². The summed E-state index contributed by atoms with van der Waals surface area (Å²) in [7, 11) is 0. The van der Waals surface area contributed by atoms with Gasteiger partial charge >= 0.3 is 0 Å². The fourth-order valence-corrected chi connectivity index (χ4v) is 3.33. The molecular formula is C18H30N2. The van der Waals surface area contributed by atoms with Crippen LogP contribution in [0.15, 0.2) is 18.2 Å². The molecule has 1 heterocycles. The quantitative estimate of drug-likeness (QED) is 0.546. The van der Waals surface area contributed by atoms with E-state index in [4.69, 9.17) is 5.73 Å². The second-order valence-corrected chi connectivity index (χ2v) is 6.14. The molecule has 0 saturated carbocycles. The molecule has 20 heavy (non-hydrogen) atoms. The van der Waals surface area contributed by atoms with Crippen molar-refractivity contribution in [2.24, 2.45) is 0 Å². The lowest BCUT2D eigenvalue weighted by Gasteiger charge is -2.28. The van der Waals surface area contributed by atoms with Crippen LogP contribution >= 0.6 is 0 Å². The maximum atomic E-state index is 5.95. The molecule has 2 rings (SSSR count). The van der Waals surface area contributed by atoms with Crippen molar-refractivity contribution >= 4 is 11.4 Å². The van der Waals surface area contributed by atoms with Gasteiger partial charge in [-0.25, -0.2) is 0 Å². The van der Waals surface area contributed by atoms with Crippen LogP contribution in [0.1, 0.15) is 64.4 Å². The summed E-state index contributed by atoms with van der Waals surface area (Å²) >= 11 is 0. The van der Waals surface area contributed by atoms with Crippen molar-refractivity contribution in [2.45, 2.75) is 71.3 Å². The topological polar surface area (TPSA) is 29.3 Å². The molecule has 1 aromatic carbocycles. The van der Waals surface area contributed by atoms with Gasteiger partial charge in [0, 0.05) is 24.0 Å². The number of hydrogen-bond acceptors (Lipinski definition) is 2. The molecule has 2 heteroatoms. The molecule has 112 valence electrons. The predicted molar refractivity (Wildman–Crippen MR) is 89.4 cm³/mol.